The summed E-state index contributed by atoms with van der Waals surface area (Å²) >= 11 is 0. The molecule has 0 saturated carbocycles. The van der Waals surface area contributed by atoms with Crippen LogP contribution in [0.2, 0.25) is 0 Å². The minimum absolute atomic E-state index is 0.0311. The van der Waals surface area contributed by atoms with E-state index >= 15 is 0 Å². The van der Waals surface area contributed by atoms with Crippen LogP contribution in [0.4, 0.5) is 0 Å². The highest BCUT2D eigenvalue weighted by molar-refractivity contribution is 7.45. The molecule has 0 heterocycles. The van der Waals surface area contributed by atoms with Gasteiger partial charge in [-0.15, -0.1) is 0 Å². The van der Waals surface area contributed by atoms with Crippen molar-refractivity contribution in [3.8, 4) is 0 Å². The lowest BCUT2D eigenvalue weighted by molar-refractivity contribution is -0.870. The summed E-state index contributed by atoms with van der Waals surface area (Å²) in [6, 6.07) is 0. The minimum Gasteiger partial charge on any atom is -0.756 e. The van der Waals surface area contributed by atoms with Crippen LogP contribution in [0.5, 0.6) is 0 Å². The third kappa shape index (κ3) is 43.9. The molecule has 0 spiro atoms. The van der Waals surface area contributed by atoms with E-state index in [4.69, 9.17) is 18.5 Å². The number of allylic oxidation sites excluding steroid dienone is 4. The van der Waals surface area contributed by atoms with Crippen molar-refractivity contribution in [1.29, 1.82) is 0 Å². The van der Waals surface area contributed by atoms with Crippen LogP contribution in [0, 0.1) is 0 Å². The first kappa shape index (κ1) is 55.5. The first-order valence-electron chi connectivity index (χ1n) is 23.5. The van der Waals surface area contributed by atoms with E-state index in [1.165, 1.54) is 122 Å². The highest BCUT2D eigenvalue weighted by atomic mass is 31.2. The molecule has 0 bridgehead atoms. The van der Waals surface area contributed by atoms with Gasteiger partial charge in [0.1, 0.15) is 19.8 Å². The maximum absolute atomic E-state index is 12.7. The number of rotatable bonds is 43. The summed E-state index contributed by atoms with van der Waals surface area (Å²) in [5.74, 6) is -0.841. The molecule has 0 radical (unpaired) electrons. The maximum Gasteiger partial charge on any atom is 0.306 e. The molecular weight excluding hydrogens is 737 g/mol. The molecule has 0 rings (SSSR count). The van der Waals surface area contributed by atoms with Gasteiger partial charge in [-0.3, -0.25) is 14.2 Å². The lowest BCUT2D eigenvalue weighted by atomic mass is 10.0. The molecule has 9 nitrogen and oxygen atoms in total. The quantitative estimate of drug-likeness (QED) is 0.0196. The van der Waals surface area contributed by atoms with Crippen LogP contribution < -0.4 is 4.89 Å². The second kappa shape index (κ2) is 39.9. The Kier molecular flexibility index (Phi) is 38.9. The molecule has 0 aromatic carbocycles. The van der Waals surface area contributed by atoms with Crippen LogP contribution in [-0.2, 0) is 32.7 Å². The van der Waals surface area contributed by atoms with Crippen LogP contribution in [0.1, 0.15) is 213 Å². The van der Waals surface area contributed by atoms with E-state index < -0.39 is 32.5 Å². The standard InChI is InChI=1S/C47H90NO8P/c1-6-8-10-12-14-16-18-20-22-23-24-26-28-30-32-34-36-38-40-47(50)56-45(44-55-57(51,52)54-42-41-48(3,4)5)43-53-46(49)39-37-35-33-31-29-27-25-21-19-17-15-13-11-9-7-2/h15,17,21,25,45H,6-14,16,18-20,22-24,26-44H2,1-5H3/b17-15-,25-21-/t45-/m1/s1. The normalized spacial score (nSPS) is 13.7. The second-order valence-electron chi connectivity index (χ2n) is 17.1. The average molecular weight is 828 g/mol. The summed E-state index contributed by atoms with van der Waals surface area (Å²) in [6.45, 7) is 4.21. The summed E-state index contributed by atoms with van der Waals surface area (Å²) in [5, 5.41) is 0. The van der Waals surface area contributed by atoms with Crippen molar-refractivity contribution in [3.05, 3.63) is 24.3 Å². The number of carbonyl (C=O) groups excluding carboxylic acids is 2. The van der Waals surface area contributed by atoms with Crippen LogP contribution in [0.15, 0.2) is 24.3 Å². The molecule has 1 unspecified atom stereocenters. The van der Waals surface area contributed by atoms with Crippen molar-refractivity contribution >= 4 is 19.8 Å². The summed E-state index contributed by atoms with van der Waals surface area (Å²) in [4.78, 5) is 37.6. The largest absolute Gasteiger partial charge is 0.756 e. The Bertz CT molecular complexity index is 1030. The Morgan fingerprint density at radius 1 is 0.544 bits per heavy atom. The van der Waals surface area contributed by atoms with E-state index in [0.29, 0.717) is 23.9 Å². The predicted octanol–water partition coefficient (Wildman–Crippen LogP) is 12.9. The first-order chi connectivity index (χ1) is 27.5. The minimum atomic E-state index is -4.63. The fourth-order valence-electron chi connectivity index (χ4n) is 6.51. The smallest absolute Gasteiger partial charge is 0.306 e. The lowest BCUT2D eigenvalue weighted by Crippen LogP contribution is -2.37. The van der Waals surface area contributed by atoms with Gasteiger partial charge in [-0.1, -0.05) is 179 Å². The van der Waals surface area contributed by atoms with E-state index in [9.17, 15) is 19.0 Å². The zero-order valence-electron chi connectivity index (χ0n) is 37.8. The third-order valence-corrected chi connectivity index (χ3v) is 11.2. The molecule has 0 saturated heterocycles. The Morgan fingerprint density at radius 3 is 1.42 bits per heavy atom. The van der Waals surface area contributed by atoms with Gasteiger partial charge in [0.15, 0.2) is 6.10 Å². The van der Waals surface area contributed by atoms with Gasteiger partial charge in [-0.25, -0.2) is 0 Å². The summed E-state index contributed by atoms with van der Waals surface area (Å²) < 4.78 is 33.9. The number of carbonyl (C=O) groups is 2. The average Bonchev–Trinajstić information content (AvgIpc) is 3.16. The zero-order chi connectivity index (χ0) is 42.1. The van der Waals surface area contributed by atoms with Gasteiger partial charge in [-0.05, 0) is 44.9 Å². The number of ether oxygens (including phenoxy) is 2. The third-order valence-electron chi connectivity index (χ3n) is 10.2. The van der Waals surface area contributed by atoms with Gasteiger partial charge in [0.05, 0.1) is 27.7 Å². The number of phosphoric acid groups is 1. The number of hydrogen-bond donors (Lipinski definition) is 0. The molecule has 10 heteroatoms. The van der Waals surface area contributed by atoms with Crippen molar-refractivity contribution in [1.82, 2.24) is 0 Å². The van der Waals surface area contributed by atoms with Gasteiger partial charge < -0.3 is 27.9 Å². The first-order valence-corrected chi connectivity index (χ1v) is 25.0. The van der Waals surface area contributed by atoms with Gasteiger partial charge in [0, 0.05) is 12.8 Å². The van der Waals surface area contributed by atoms with E-state index in [0.717, 1.165) is 51.4 Å². The van der Waals surface area contributed by atoms with Crippen LogP contribution in [0.3, 0.4) is 0 Å². The Hall–Kier alpha value is -1.51. The van der Waals surface area contributed by atoms with Crippen molar-refractivity contribution in [2.45, 2.75) is 219 Å². The molecule has 0 amide bonds. The van der Waals surface area contributed by atoms with Gasteiger partial charge in [0.2, 0.25) is 0 Å². The molecule has 2 atom stereocenters. The monoisotopic (exact) mass is 828 g/mol. The summed E-state index contributed by atoms with van der Waals surface area (Å²) in [6.07, 6.45) is 43.4. The van der Waals surface area contributed by atoms with Crippen LogP contribution in [0.25, 0.3) is 0 Å². The predicted molar refractivity (Wildman–Crippen MR) is 236 cm³/mol. The van der Waals surface area contributed by atoms with Gasteiger partial charge in [-0.2, -0.15) is 0 Å². The van der Waals surface area contributed by atoms with Crippen molar-refractivity contribution in [3.63, 3.8) is 0 Å². The fourth-order valence-corrected chi connectivity index (χ4v) is 7.24. The molecule has 0 aromatic heterocycles. The van der Waals surface area contributed by atoms with E-state index in [2.05, 4.69) is 38.2 Å². The number of phosphoric ester groups is 1. The summed E-state index contributed by atoms with van der Waals surface area (Å²) in [7, 11) is 1.16. The molecular formula is C47H90NO8P. The topological polar surface area (TPSA) is 111 Å². The van der Waals surface area contributed by atoms with Crippen molar-refractivity contribution in [2.24, 2.45) is 0 Å². The van der Waals surface area contributed by atoms with Crippen molar-refractivity contribution in [2.75, 3.05) is 47.5 Å². The Labute approximate surface area is 351 Å². The molecule has 0 aliphatic carbocycles. The number of unbranched alkanes of at least 4 members (excludes halogenated alkanes) is 25. The lowest BCUT2D eigenvalue weighted by Gasteiger charge is -2.28. The zero-order valence-corrected chi connectivity index (χ0v) is 38.7. The van der Waals surface area contributed by atoms with Gasteiger partial charge >= 0.3 is 11.9 Å². The highest BCUT2D eigenvalue weighted by Gasteiger charge is 2.21. The molecule has 0 aliphatic heterocycles. The molecule has 336 valence electrons. The van der Waals surface area contributed by atoms with Crippen LogP contribution >= 0.6 is 7.82 Å². The SMILES string of the molecule is CCCCC/C=C\C/C=C\CCCCCCCC(=O)OC[C@H](COP(=O)([O-])OCC[N+](C)(C)C)OC(=O)CCCCCCCCCCCCCCCCCCCC. The number of likely N-dealkylation sites (N-methyl/N-ethyl adjacent to an activating group) is 1. The molecule has 57 heavy (non-hydrogen) atoms. The highest BCUT2D eigenvalue weighted by Crippen LogP contribution is 2.38. The number of nitrogens with zero attached hydrogens (tertiary/aromatic N) is 1. The Balaban J connectivity index is 4.31. The number of hydrogen-bond acceptors (Lipinski definition) is 8. The second-order valence-corrected chi connectivity index (χ2v) is 18.5. The molecule has 0 aromatic rings. The van der Waals surface area contributed by atoms with E-state index in [-0.39, 0.29) is 26.1 Å². The molecule has 0 N–H and O–H groups in total. The van der Waals surface area contributed by atoms with Crippen LogP contribution in [-0.4, -0.2) is 70.0 Å². The van der Waals surface area contributed by atoms with E-state index in [1.807, 2.05) is 21.1 Å². The van der Waals surface area contributed by atoms with Gasteiger partial charge in [0.25, 0.3) is 7.82 Å². The maximum atomic E-state index is 12.7. The molecule has 0 aliphatic rings. The Morgan fingerprint density at radius 2 is 0.947 bits per heavy atom. The number of esters is 2. The fraction of sp³-hybridized carbons (Fsp3) is 0.872. The number of quaternary nitrogens is 1. The van der Waals surface area contributed by atoms with E-state index in [1.54, 1.807) is 0 Å². The summed E-state index contributed by atoms with van der Waals surface area (Å²) in [5.41, 5.74) is 0. The molecule has 0 fully saturated rings. The van der Waals surface area contributed by atoms with Crippen molar-refractivity contribution < 1.29 is 42.1 Å².